The zero-order valence-corrected chi connectivity index (χ0v) is 15.9. The van der Waals surface area contributed by atoms with Crippen molar-refractivity contribution >= 4 is 21.6 Å². The fraction of sp³-hybridized carbons (Fsp3) is 0.350. The number of hydrogen-bond donors (Lipinski definition) is 1. The molecule has 2 aromatic carbocycles. The van der Waals surface area contributed by atoms with E-state index < -0.39 is 16.1 Å². The van der Waals surface area contributed by atoms with Crippen LogP contribution in [0.3, 0.4) is 0 Å². The third kappa shape index (κ3) is 3.81. The van der Waals surface area contributed by atoms with Crippen molar-refractivity contribution < 1.29 is 13.2 Å². The van der Waals surface area contributed by atoms with E-state index in [-0.39, 0.29) is 10.8 Å². The van der Waals surface area contributed by atoms with Crippen LogP contribution in [0.4, 0.5) is 5.69 Å². The maximum Gasteiger partial charge on any atom is 0.243 e. The summed E-state index contributed by atoms with van der Waals surface area (Å²) in [7, 11) is -3.68. The molecule has 0 saturated carbocycles. The molecular weight excluding hydrogens is 348 g/mol. The van der Waals surface area contributed by atoms with Crippen LogP contribution in [0.25, 0.3) is 0 Å². The van der Waals surface area contributed by atoms with Crippen LogP contribution in [0.15, 0.2) is 53.4 Å². The summed E-state index contributed by atoms with van der Waals surface area (Å²) in [6.07, 6.45) is 2.09. The van der Waals surface area contributed by atoms with E-state index in [4.69, 9.17) is 0 Å². The predicted octanol–water partition coefficient (Wildman–Crippen LogP) is 3.35. The molecule has 0 spiro atoms. The van der Waals surface area contributed by atoms with E-state index >= 15 is 0 Å². The average molecular weight is 372 g/mol. The number of anilines is 1. The molecule has 1 heterocycles. The van der Waals surface area contributed by atoms with E-state index in [9.17, 15) is 13.2 Å². The molecule has 5 nitrogen and oxygen atoms in total. The van der Waals surface area contributed by atoms with Crippen LogP contribution in [0, 0.1) is 6.92 Å². The van der Waals surface area contributed by atoms with Gasteiger partial charge in [-0.25, -0.2) is 8.42 Å². The van der Waals surface area contributed by atoms with E-state index in [0.29, 0.717) is 25.1 Å². The number of carbonyl (C=O) groups is 1. The van der Waals surface area contributed by atoms with Gasteiger partial charge >= 0.3 is 0 Å². The molecule has 0 aliphatic carbocycles. The lowest BCUT2D eigenvalue weighted by Gasteiger charge is -2.23. The second kappa shape index (κ2) is 7.60. The minimum absolute atomic E-state index is 0.232. The minimum atomic E-state index is -3.68. The first-order valence-corrected chi connectivity index (χ1v) is 10.3. The SMILES string of the molecule is CCc1cccc(NC(=O)[C@@H]2CCCN2S(=O)(=O)c2ccc(C)cc2)c1. The summed E-state index contributed by atoms with van der Waals surface area (Å²) in [5, 5.41) is 2.88. The molecule has 0 radical (unpaired) electrons. The summed E-state index contributed by atoms with van der Waals surface area (Å²) in [5.41, 5.74) is 2.82. The van der Waals surface area contributed by atoms with Crippen molar-refractivity contribution in [1.82, 2.24) is 4.31 Å². The van der Waals surface area contributed by atoms with Gasteiger partial charge in [-0.2, -0.15) is 4.31 Å². The van der Waals surface area contributed by atoms with E-state index in [1.54, 1.807) is 24.3 Å². The molecule has 0 aromatic heterocycles. The first kappa shape index (κ1) is 18.6. The Bertz CT molecular complexity index is 892. The van der Waals surface area contributed by atoms with Crippen LogP contribution in [0.2, 0.25) is 0 Å². The molecule has 1 fully saturated rings. The number of nitrogens with one attached hydrogen (secondary N) is 1. The summed E-state index contributed by atoms with van der Waals surface area (Å²) in [4.78, 5) is 13.0. The first-order chi connectivity index (χ1) is 12.4. The van der Waals surface area contributed by atoms with Crippen molar-refractivity contribution in [3.8, 4) is 0 Å². The Morgan fingerprint density at radius 2 is 1.92 bits per heavy atom. The molecule has 1 atom stereocenters. The topological polar surface area (TPSA) is 66.5 Å². The maximum atomic E-state index is 13.0. The molecule has 1 N–H and O–H groups in total. The molecule has 1 saturated heterocycles. The number of benzene rings is 2. The number of nitrogens with zero attached hydrogens (tertiary/aromatic N) is 1. The van der Waals surface area contributed by atoms with Crippen LogP contribution < -0.4 is 5.32 Å². The molecule has 0 unspecified atom stereocenters. The van der Waals surface area contributed by atoms with Crippen molar-refractivity contribution in [1.29, 1.82) is 0 Å². The first-order valence-electron chi connectivity index (χ1n) is 8.90. The zero-order valence-electron chi connectivity index (χ0n) is 15.1. The molecule has 1 aliphatic rings. The molecule has 1 amide bonds. The highest BCUT2D eigenvalue weighted by Crippen LogP contribution is 2.27. The molecule has 2 aromatic rings. The summed E-state index contributed by atoms with van der Waals surface area (Å²) >= 11 is 0. The standard InChI is InChI=1S/C20H24N2O3S/c1-3-16-6-4-7-17(14-16)21-20(23)19-8-5-13-22(19)26(24,25)18-11-9-15(2)10-12-18/h4,6-7,9-12,14,19H,3,5,8,13H2,1-2H3,(H,21,23)/t19-/m0/s1. The van der Waals surface area contributed by atoms with Crippen molar-refractivity contribution in [2.45, 2.75) is 44.0 Å². The highest BCUT2D eigenvalue weighted by atomic mass is 32.2. The van der Waals surface area contributed by atoms with Gasteiger partial charge in [0.2, 0.25) is 15.9 Å². The monoisotopic (exact) mass is 372 g/mol. The lowest BCUT2D eigenvalue weighted by molar-refractivity contribution is -0.119. The highest BCUT2D eigenvalue weighted by Gasteiger charge is 2.39. The largest absolute Gasteiger partial charge is 0.325 e. The van der Waals surface area contributed by atoms with E-state index in [1.807, 2.05) is 38.1 Å². The highest BCUT2D eigenvalue weighted by molar-refractivity contribution is 7.89. The fourth-order valence-electron chi connectivity index (χ4n) is 3.23. The molecule has 3 rings (SSSR count). The van der Waals surface area contributed by atoms with Crippen molar-refractivity contribution in [2.75, 3.05) is 11.9 Å². The fourth-order valence-corrected chi connectivity index (χ4v) is 4.89. The second-order valence-corrected chi connectivity index (χ2v) is 8.52. The molecule has 6 heteroatoms. The molecule has 0 bridgehead atoms. The Kier molecular flexibility index (Phi) is 5.44. The Morgan fingerprint density at radius 1 is 1.19 bits per heavy atom. The molecular formula is C20H24N2O3S. The summed E-state index contributed by atoms with van der Waals surface area (Å²) in [5.74, 6) is -0.272. The van der Waals surface area contributed by atoms with Gasteiger partial charge in [-0.15, -0.1) is 0 Å². The van der Waals surface area contributed by atoms with Crippen LogP contribution in [0.1, 0.15) is 30.9 Å². The van der Waals surface area contributed by atoms with Gasteiger partial charge in [-0.05, 0) is 56.0 Å². The molecule has 138 valence electrons. The van der Waals surface area contributed by atoms with E-state index in [2.05, 4.69) is 5.32 Å². The number of rotatable bonds is 5. The summed E-state index contributed by atoms with van der Waals surface area (Å²) in [6.45, 7) is 4.32. The number of carbonyl (C=O) groups excluding carboxylic acids is 1. The third-order valence-corrected chi connectivity index (χ3v) is 6.66. The van der Waals surface area contributed by atoms with Crippen LogP contribution in [-0.2, 0) is 21.2 Å². The zero-order chi connectivity index (χ0) is 18.7. The molecule has 1 aliphatic heterocycles. The van der Waals surface area contributed by atoms with Gasteiger partial charge in [-0.3, -0.25) is 4.79 Å². The number of sulfonamides is 1. The van der Waals surface area contributed by atoms with Gasteiger partial charge in [0.05, 0.1) is 4.90 Å². The van der Waals surface area contributed by atoms with Crippen LogP contribution in [-0.4, -0.2) is 31.2 Å². The lowest BCUT2D eigenvalue weighted by Crippen LogP contribution is -2.43. The van der Waals surface area contributed by atoms with Crippen LogP contribution >= 0.6 is 0 Å². The van der Waals surface area contributed by atoms with Gasteiger partial charge in [0.1, 0.15) is 6.04 Å². The van der Waals surface area contributed by atoms with E-state index in [1.165, 1.54) is 4.31 Å². The van der Waals surface area contributed by atoms with Gasteiger partial charge < -0.3 is 5.32 Å². The van der Waals surface area contributed by atoms with Crippen LogP contribution in [0.5, 0.6) is 0 Å². The number of hydrogen-bond acceptors (Lipinski definition) is 3. The summed E-state index contributed by atoms with van der Waals surface area (Å²) in [6, 6.07) is 13.7. The summed E-state index contributed by atoms with van der Waals surface area (Å²) < 4.78 is 27.2. The number of amides is 1. The van der Waals surface area contributed by atoms with Gasteiger partial charge in [-0.1, -0.05) is 36.8 Å². The second-order valence-electron chi connectivity index (χ2n) is 6.63. The Morgan fingerprint density at radius 3 is 2.62 bits per heavy atom. The molecule has 26 heavy (non-hydrogen) atoms. The lowest BCUT2D eigenvalue weighted by atomic mass is 10.1. The van der Waals surface area contributed by atoms with Gasteiger partial charge in [0.25, 0.3) is 0 Å². The third-order valence-electron chi connectivity index (χ3n) is 4.74. The smallest absolute Gasteiger partial charge is 0.243 e. The average Bonchev–Trinajstić information content (AvgIpc) is 3.13. The van der Waals surface area contributed by atoms with Gasteiger partial charge in [0, 0.05) is 12.2 Å². The predicted molar refractivity (Wildman–Crippen MR) is 103 cm³/mol. The van der Waals surface area contributed by atoms with Gasteiger partial charge in [0.15, 0.2) is 0 Å². The van der Waals surface area contributed by atoms with E-state index in [0.717, 1.165) is 17.5 Å². The minimum Gasteiger partial charge on any atom is -0.325 e. The normalized spacial score (nSPS) is 18.0. The number of aryl methyl sites for hydroxylation is 2. The Hall–Kier alpha value is -2.18. The van der Waals surface area contributed by atoms with Crippen molar-refractivity contribution in [3.63, 3.8) is 0 Å². The Balaban J connectivity index is 1.80. The Labute approximate surface area is 155 Å². The maximum absolute atomic E-state index is 13.0. The quantitative estimate of drug-likeness (QED) is 0.875. The van der Waals surface area contributed by atoms with Crippen molar-refractivity contribution in [2.24, 2.45) is 0 Å². The van der Waals surface area contributed by atoms with Crippen molar-refractivity contribution in [3.05, 3.63) is 59.7 Å².